The number of ether oxygens (including phenoxy) is 1. The third-order valence-corrected chi connectivity index (χ3v) is 3.89. The van der Waals surface area contributed by atoms with Crippen LogP contribution >= 0.6 is 0 Å². The lowest BCUT2D eigenvalue weighted by Crippen LogP contribution is -2.03. The molecule has 0 atom stereocenters. The largest absolute Gasteiger partial charge is 0.489 e. The van der Waals surface area contributed by atoms with Gasteiger partial charge in [-0.05, 0) is 30.2 Å². The fraction of sp³-hybridized carbons (Fsp3) is 0.200. The summed E-state index contributed by atoms with van der Waals surface area (Å²) in [5, 5.41) is 1.18. The smallest absolute Gasteiger partial charge is 0.129 e. The fourth-order valence-electron chi connectivity index (χ4n) is 2.83. The van der Waals surface area contributed by atoms with Crippen molar-refractivity contribution in [1.82, 2.24) is 4.57 Å². The molecule has 0 spiro atoms. The quantitative estimate of drug-likeness (QED) is 0.594. The van der Waals surface area contributed by atoms with Gasteiger partial charge < -0.3 is 9.30 Å². The van der Waals surface area contributed by atoms with E-state index >= 15 is 0 Å². The summed E-state index contributed by atoms with van der Waals surface area (Å²) in [6.45, 7) is 7.33. The number of fused-ring (bicyclic) bond motifs is 1. The molecule has 0 bridgehead atoms. The SMILES string of the molecule is C=CCOc1cccc2c1cc(CC)n2Cc1ccccc1. The zero-order chi connectivity index (χ0) is 15.4. The van der Waals surface area contributed by atoms with E-state index in [1.54, 1.807) is 6.08 Å². The van der Waals surface area contributed by atoms with Gasteiger partial charge in [0.15, 0.2) is 0 Å². The Kier molecular flexibility index (Phi) is 4.29. The van der Waals surface area contributed by atoms with E-state index in [9.17, 15) is 0 Å². The molecule has 1 aromatic heterocycles. The van der Waals surface area contributed by atoms with Gasteiger partial charge in [0.05, 0.1) is 5.52 Å². The second-order valence-corrected chi connectivity index (χ2v) is 5.35. The number of aromatic nitrogens is 1. The lowest BCUT2D eigenvalue weighted by Gasteiger charge is -2.10. The number of benzene rings is 2. The number of hydrogen-bond donors (Lipinski definition) is 0. The highest BCUT2D eigenvalue weighted by atomic mass is 16.5. The summed E-state index contributed by atoms with van der Waals surface area (Å²) in [7, 11) is 0. The zero-order valence-corrected chi connectivity index (χ0v) is 13.0. The summed E-state index contributed by atoms with van der Waals surface area (Å²) in [4.78, 5) is 0. The molecule has 0 saturated carbocycles. The van der Waals surface area contributed by atoms with Crippen LogP contribution in [-0.4, -0.2) is 11.2 Å². The van der Waals surface area contributed by atoms with Gasteiger partial charge in [-0.1, -0.05) is 56.0 Å². The van der Waals surface area contributed by atoms with Crippen LogP contribution in [0, 0.1) is 0 Å². The average Bonchev–Trinajstić information content (AvgIpc) is 2.92. The highest BCUT2D eigenvalue weighted by Gasteiger charge is 2.11. The van der Waals surface area contributed by atoms with Gasteiger partial charge >= 0.3 is 0 Å². The average molecular weight is 291 g/mol. The van der Waals surface area contributed by atoms with Crippen LogP contribution in [0.1, 0.15) is 18.2 Å². The zero-order valence-electron chi connectivity index (χ0n) is 13.0. The maximum absolute atomic E-state index is 5.80. The summed E-state index contributed by atoms with van der Waals surface area (Å²) < 4.78 is 8.18. The van der Waals surface area contributed by atoms with E-state index in [-0.39, 0.29) is 0 Å². The Bertz CT molecular complexity index is 771. The highest BCUT2D eigenvalue weighted by molar-refractivity contribution is 5.87. The number of aryl methyl sites for hydroxylation is 1. The monoisotopic (exact) mass is 291 g/mol. The molecule has 112 valence electrons. The minimum atomic E-state index is 0.532. The van der Waals surface area contributed by atoms with E-state index in [2.05, 4.69) is 66.6 Å². The molecule has 2 nitrogen and oxygen atoms in total. The van der Waals surface area contributed by atoms with Crippen LogP contribution < -0.4 is 4.74 Å². The molecule has 3 aromatic rings. The Hall–Kier alpha value is -2.48. The van der Waals surface area contributed by atoms with Crippen molar-refractivity contribution in [2.24, 2.45) is 0 Å². The first kappa shape index (κ1) is 14.5. The Morgan fingerprint density at radius 1 is 1.09 bits per heavy atom. The summed E-state index contributed by atoms with van der Waals surface area (Å²) in [6, 6.07) is 19.1. The van der Waals surface area contributed by atoms with E-state index in [1.165, 1.54) is 22.2 Å². The first-order valence-electron chi connectivity index (χ1n) is 7.72. The molecule has 3 rings (SSSR count). The second-order valence-electron chi connectivity index (χ2n) is 5.35. The minimum absolute atomic E-state index is 0.532. The predicted molar refractivity (Wildman–Crippen MR) is 92.6 cm³/mol. The van der Waals surface area contributed by atoms with Crippen molar-refractivity contribution in [1.29, 1.82) is 0 Å². The molecule has 0 aliphatic carbocycles. The van der Waals surface area contributed by atoms with Crippen molar-refractivity contribution >= 4 is 10.9 Å². The van der Waals surface area contributed by atoms with Crippen LogP contribution in [0.2, 0.25) is 0 Å². The molecule has 2 aromatic carbocycles. The van der Waals surface area contributed by atoms with Gasteiger partial charge in [0.2, 0.25) is 0 Å². The summed E-state index contributed by atoms with van der Waals surface area (Å²) in [5.41, 5.74) is 3.86. The van der Waals surface area contributed by atoms with Gasteiger partial charge in [-0.3, -0.25) is 0 Å². The molecule has 0 aliphatic rings. The molecule has 22 heavy (non-hydrogen) atoms. The Labute approximate surface area is 131 Å². The molecule has 0 unspecified atom stereocenters. The van der Waals surface area contributed by atoms with Crippen LogP contribution in [0.15, 0.2) is 67.3 Å². The van der Waals surface area contributed by atoms with Crippen molar-refractivity contribution in [3.05, 3.63) is 78.5 Å². The fourth-order valence-corrected chi connectivity index (χ4v) is 2.83. The lowest BCUT2D eigenvalue weighted by molar-refractivity contribution is 0.367. The molecule has 0 radical (unpaired) electrons. The highest BCUT2D eigenvalue weighted by Crippen LogP contribution is 2.30. The van der Waals surface area contributed by atoms with Crippen LogP contribution in [-0.2, 0) is 13.0 Å². The number of nitrogens with zero attached hydrogens (tertiary/aromatic N) is 1. The van der Waals surface area contributed by atoms with Crippen LogP contribution in [0.4, 0.5) is 0 Å². The maximum Gasteiger partial charge on any atom is 0.129 e. The third kappa shape index (κ3) is 2.77. The van der Waals surface area contributed by atoms with Gasteiger partial charge in [0.1, 0.15) is 12.4 Å². The maximum atomic E-state index is 5.80. The van der Waals surface area contributed by atoms with Crippen molar-refractivity contribution in [2.75, 3.05) is 6.61 Å². The van der Waals surface area contributed by atoms with Crippen LogP contribution in [0.3, 0.4) is 0 Å². The molecule has 0 amide bonds. The van der Waals surface area contributed by atoms with Crippen molar-refractivity contribution < 1.29 is 4.74 Å². The topological polar surface area (TPSA) is 14.2 Å². The molecule has 0 aliphatic heterocycles. The van der Waals surface area contributed by atoms with Gasteiger partial charge in [0.25, 0.3) is 0 Å². The van der Waals surface area contributed by atoms with E-state index in [4.69, 9.17) is 4.74 Å². The molecule has 2 heteroatoms. The van der Waals surface area contributed by atoms with E-state index < -0.39 is 0 Å². The van der Waals surface area contributed by atoms with Gasteiger partial charge in [-0.2, -0.15) is 0 Å². The van der Waals surface area contributed by atoms with Gasteiger partial charge in [-0.15, -0.1) is 0 Å². The Morgan fingerprint density at radius 2 is 1.91 bits per heavy atom. The second kappa shape index (κ2) is 6.52. The summed E-state index contributed by atoms with van der Waals surface area (Å²) >= 11 is 0. The number of hydrogen-bond acceptors (Lipinski definition) is 1. The van der Waals surface area contributed by atoms with E-state index in [1.807, 2.05) is 6.07 Å². The molecule has 1 heterocycles. The molecular weight excluding hydrogens is 270 g/mol. The van der Waals surface area contributed by atoms with Crippen molar-refractivity contribution in [2.45, 2.75) is 19.9 Å². The molecule has 0 fully saturated rings. The summed E-state index contributed by atoms with van der Waals surface area (Å²) in [6.07, 6.45) is 2.78. The lowest BCUT2D eigenvalue weighted by atomic mass is 10.2. The Balaban J connectivity index is 2.06. The van der Waals surface area contributed by atoms with E-state index in [0.717, 1.165) is 18.7 Å². The third-order valence-electron chi connectivity index (χ3n) is 3.89. The first-order valence-corrected chi connectivity index (χ1v) is 7.72. The van der Waals surface area contributed by atoms with Crippen molar-refractivity contribution in [3.63, 3.8) is 0 Å². The molecule has 0 saturated heterocycles. The first-order chi connectivity index (χ1) is 10.8. The molecular formula is C20H21NO. The van der Waals surface area contributed by atoms with Crippen LogP contribution in [0.5, 0.6) is 5.75 Å². The van der Waals surface area contributed by atoms with Gasteiger partial charge in [0, 0.05) is 17.6 Å². The van der Waals surface area contributed by atoms with Crippen molar-refractivity contribution in [3.8, 4) is 5.75 Å². The molecule has 0 N–H and O–H groups in total. The normalized spacial score (nSPS) is 10.8. The Morgan fingerprint density at radius 3 is 2.64 bits per heavy atom. The number of rotatable bonds is 6. The summed E-state index contributed by atoms with van der Waals surface area (Å²) in [5.74, 6) is 0.930. The predicted octanol–water partition coefficient (Wildman–Crippen LogP) is 4.82. The van der Waals surface area contributed by atoms with E-state index in [0.29, 0.717) is 6.61 Å². The minimum Gasteiger partial charge on any atom is -0.489 e. The van der Waals surface area contributed by atoms with Gasteiger partial charge in [-0.25, -0.2) is 0 Å². The van der Waals surface area contributed by atoms with Crippen LogP contribution in [0.25, 0.3) is 10.9 Å². The standard InChI is InChI=1S/C20H21NO/c1-3-13-22-20-12-8-11-19-18(20)14-17(4-2)21(19)15-16-9-6-5-7-10-16/h3,5-12,14H,1,4,13,15H2,2H3.